The van der Waals surface area contributed by atoms with Crippen molar-refractivity contribution in [2.45, 2.75) is 33.1 Å². The van der Waals surface area contributed by atoms with Gasteiger partial charge in [0, 0.05) is 9.35 Å². The molecule has 114 valence electrons. The van der Waals surface area contributed by atoms with Crippen LogP contribution in [0.1, 0.15) is 29.5 Å². The molecule has 0 aliphatic rings. The van der Waals surface area contributed by atoms with Crippen molar-refractivity contribution in [1.29, 1.82) is 0 Å². The lowest BCUT2D eigenvalue weighted by atomic mass is 9.94. The van der Waals surface area contributed by atoms with Gasteiger partial charge in [-0.1, -0.05) is 35.0 Å². The van der Waals surface area contributed by atoms with E-state index in [1.807, 2.05) is 5.51 Å². The number of hydrogen-bond acceptors (Lipinski definition) is 3. The Labute approximate surface area is 140 Å². The molecule has 4 heteroatoms. The maximum atomic E-state index is 4.35. The van der Waals surface area contributed by atoms with Crippen molar-refractivity contribution in [2.75, 3.05) is 13.1 Å². The second-order valence-electron chi connectivity index (χ2n) is 5.40. The van der Waals surface area contributed by atoms with Crippen molar-refractivity contribution < 1.29 is 0 Å². The second-order valence-corrected chi connectivity index (χ2v) is 7.26. The van der Waals surface area contributed by atoms with E-state index in [9.17, 15) is 0 Å². The predicted octanol–water partition coefficient (Wildman–Crippen LogP) is 4.62. The van der Waals surface area contributed by atoms with Crippen LogP contribution < -0.4 is 5.32 Å². The number of aromatic nitrogens is 1. The molecular formula is C17H23BrN2S. The first-order valence-corrected chi connectivity index (χ1v) is 9.20. The summed E-state index contributed by atoms with van der Waals surface area (Å²) in [5.74, 6) is 0.674. The first-order valence-electron chi connectivity index (χ1n) is 7.53. The highest BCUT2D eigenvalue weighted by atomic mass is 79.9. The Balaban J connectivity index is 1.93. The van der Waals surface area contributed by atoms with Crippen LogP contribution in [-0.2, 0) is 12.8 Å². The van der Waals surface area contributed by atoms with Crippen LogP contribution in [0.5, 0.6) is 0 Å². The SMILES string of the molecule is CCNCC(CCc1scnc1C)Cc1ccc(Br)cc1. The summed E-state index contributed by atoms with van der Waals surface area (Å²) in [6.45, 7) is 6.41. The Kier molecular flexibility index (Phi) is 6.87. The van der Waals surface area contributed by atoms with Gasteiger partial charge in [-0.3, -0.25) is 0 Å². The zero-order valence-electron chi connectivity index (χ0n) is 12.7. The van der Waals surface area contributed by atoms with Gasteiger partial charge in [0.15, 0.2) is 0 Å². The lowest BCUT2D eigenvalue weighted by Gasteiger charge is -2.17. The zero-order valence-corrected chi connectivity index (χ0v) is 15.1. The summed E-state index contributed by atoms with van der Waals surface area (Å²) in [6.07, 6.45) is 3.49. The molecule has 2 rings (SSSR count). The van der Waals surface area contributed by atoms with E-state index in [0.717, 1.165) is 30.4 Å². The van der Waals surface area contributed by atoms with Crippen molar-refractivity contribution in [3.05, 3.63) is 50.4 Å². The minimum atomic E-state index is 0.674. The van der Waals surface area contributed by atoms with Gasteiger partial charge in [0.05, 0.1) is 11.2 Å². The van der Waals surface area contributed by atoms with Crippen molar-refractivity contribution in [1.82, 2.24) is 10.3 Å². The number of halogens is 1. The number of benzene rings is 1. The van der Waals surface area contributed by atoms with Crippen LogP contribution in [0.15, 0.2) is 34.2 Å². The van der Waals surface area contributed by atoms with Crippen LogP contribution in [0.2, 0.25) is 0 Å². The van der Waals surface area contributed by atoms with Gasteiger partial charge < -0.3 is 5.32 Å². The molecule has 1 N–H and O–H groups in total. The quantitative estimate of drug-likeness (QED) is 0.737. The van der Waals surface area contributed by atoms with E-state index in [4.69, 9.17) is 0 Å². The molecule has 21 heavy (non-hydrogen) atoms. The molecule has 0 spiro atoms. The molecule has 0 aliphatic heterocycles. The minimum Gasteiger partial charge on any atom is -0.317 e. The summed E-state index contributed by atoms with van der Waals surface area (Å²) in [5.41, 5.74) is 4.58. The number of nitrogens with zero attached hydrogens (tertiary/aromatic N) is 1. The molecule has 0 radical (unpaired) electrons. The van der Waals surface area contributed by atoms with Crippen LogP contribution in [-0.4, -0.2) is 18.1 Å². The van der Waals surface area contributed by atoms with Gasteiger partial charge in [0.2, 0.25) is 0 Å². The molecule has 1 unspecified atom stereocenters. The predicted molar refractivity (Wildman–Crippen MR) is 95.1 cm³/mol. The molecular weight excluding hydrogens is 344 g/mol. The largest absolute Gasteiger partial charge is 0.317 e. The van der Waals surface area contributed by atoms with Crippen molar-refractivity contribution in [2.24, 2.45) is 5.92 Å². The number of hydrogen-bond donors (Lipinski definition) is 1. The summed E-state index contributed by atoms with van der Waals surface area (Å²) in [4.78, 5) is 5.79. The normalized spacial score (nSPS) is 12.5. The molecule has 0 saturated carbocycles. The minimum absolute atomic E-state index is 0.674. The van der Waals surface area contributed by atoms with Crippen molar-refractivity contribution >= 4 is 27.3 Å². The molecule has 1 atom stereocenters. The highest BCUT2D eigenvalue weighted by molar-refractivity contribution is 9.10. The monoisotopic (exact) mass is 366 g/mol. The van der Waals surface area contributed by atoms with Crippen molar-refractivity contribution in [3.63, 3.8) is 0 Å². The van der Waals surface area contributed by atoms with Gasteiger partial charge in [0.1, 0.15) is 0 Å². The van der Waals surface area contributed by atoms with Gasteiger partial charge in [-0.05, 0) is 62.9 Å². The molecule has 0 fully saturated rings. The van der Waals surface area contributed by atoms with E-state index in [1.54, 1.807) is 11.3 Å². The molecule has 1 aromatic heterocycles. The molecule has 2 nitrogen and oxygen atoms in total. The van der Waals surface area contributed by atoms with Gasteiger partial charge >= 0.3 is 0 Å². The Morgan fingerprint density at radius 1 is 1.29 bits per heavy atom. The number of thiazole rings is 1. The number of aryl methyl sites for hydroxylation is 2. The van der Waals surface area contributed by atoms with Crippen LogP contribution >= 0.6 is 27.3 Å². The Bertz CT molecular complexity index is 536. The molecule has 0 bridgehead atoms. The summed E-state index contributed by atoms with van der Waals surface area (Å²) >= 11 is 5.29. The van der Waals surface area contributed by atoms with Crippen LogP contribution in [0.3, 0.4) is 0 Å². The summed E-state index contributed by atoms with van der Waals surface area (Å²) in [5, 5.41) is 3.50. The van der Waals surface area contributed by atoms with Crippen LogP contribution in [0.4, 0.5) is 0 Å². The number of rotatable bonds is 8. The molecule has 0 aliphatic carbocycles. The molecule has 1 heterocycles. The topological polar surface area (TPSA) is 24.9 Å². The average molecular weight is 367 g/mol. The fourth-order valence-corrected chi connectivity index (χ4v) is 3.54. The third-order valence-electron chi connectivity index (χ3n) is 3.75. The lowest BCUT2D eigenvalue weighted by Crippen LogP contribution is -2.24. The molecule has 2 aromatic rings. The van der Waals surface area contributed by atoms with E-state index in [1.165, 1.54) is 22.6 Å². The Hall–Kier alpha value is -0.710. The van der Waals surface area contributed by atoms with Crippen molar-refractivity contribution in [3.8, 4) is 0 Å². The Morgan fingerprint density at radius 3 is 2.67 bits per heavy atom. The zero-order chi connectivity index (χ0) is 15.1. The third kappa shape index (κ3) is 5.53. The summed E-state index contributed by atoms with van der Waals surface area (Å²) in [6, 6.07) is 8.71. The molecule has 0 amide bonds. The fourth-order valence-electron chi connectivity index (χ4n) is 2.48. The van der Waals surface area contributed by atoms with E-state index >= 15 is 0 Å². The molecule has 1 aromatic carbocycles. The third-order valence-corrected chi connectivity index (χ3v) is 5.27. The maximum absolute atomic E-state index is 4.35. The summed E-state index contributed by atoms with van der Waals surface area (Å²) < 4.78 is 1.15. The van der Waals surface area contributed by atoms with Crippen LogP contribution in [0.25, 0.3) is 0 Å². The van der Waals surface area contributed by atoms with Gasteiger partial charge in [0.25, 0.3) is 0 Å². The Morgan fingerprint density at radius 2 is 2.05 bits per heavy atom. The lowest BCUT2D eigenvalue weighted by molar-refractivity contribution is 0.450. The van der Waals surface area contributed by atoms with E-state index < -0.39 is 0 Å². The highest BCUT2D eigenvalue weighted by Crippen LogP contribution is 2.20. The van der Waals surface area contributed by atoms with Crippen LogP contribution in [0, 0.1) is 12.8 Å². The highest BCUT2D eigenvalue weighted by Gasteiger charge is 2.11. The first-order chi connectivity index (χ1) is 10.2. The first kappa shape index (κ1) is 16.7. The van der Waals surface area contributed by atoms with E-state index in [-0.39, 0.29) is 0 Å². The standard InChI is InChI=1S/C17H23BrN2S/c1-3-19-11-15(6-9-17-13(2)20-12-21-17)10-14-4-7-16(18)8-5-14/h4-5,7-8,12,15,19H,3,6,9-11H2,1-2H3. The number of nitrogens with one attached hydrogen (secondary N) is 1. The second kappa shape index (κ2) is 8.66. The average Bonchev–Trinajstić information content (AvgIpc) is 2.89. The van der Waals surface area contributed by atoms with E-state index in [0.29, 0.717) is 5.92 Å². The van der Waals surface area contributed by atoms with Gasteiger partial charge in [-0.2, -0.15) is 0 Å². The summed E-state index contributed by atoms with van der Waals surface area (Å²) in [7, 11) is 0. The maximum Gasteiger partial charge on any atom is 0.0797 e. The molecule has 0 saturated heterocycles. The van der Waals surface area contributed by atoms with Gasteiger partial charge in [-0.25, -0.2) is 4.98 Å². The van der Waals surface area contributed by atoms with E-state index in [2.05, 4.69) is 64.3 Å². The smallest absolute Gasteiger partial charge is 0.0797 e. The van der Waals surface area contributed by atoms with Gasteiger partial charge in [-0.15, -0.1) is 11.3 Å². The fraction of sp³-hybridized carbons (Fsp3) is 0.471.